The number of aromatic amines is 1. The monoisotopic (exact) mass is 337 g/mol. The molecule has 4 N–H and O–H groups in total. The van der Waals surface area contributed by atoms with Crippen molar-refractivity contribution in [2.24, 2.45) is 0 Å². The van der Waals surface area contributed by atoms with Gasteiger partial charge < -0.3 is 20.7 Å². The van der Waals surface area contributed by atoms with Gasteiger partial charge in [-0.15, -0.1) is 0 Å². The van der Waals surface area contributed by atoms with Gasteiger partial charge in [-0.3, -0.25) is 9.89 Å². The summed E-state index contributed by atoms with van der Waals surface area (Å²) in [4.78, 5) is 14.8. The predicted octanol–water partition coefficient (Wildman–Crippen LogP) is 2.23. The van der Waals surface area contributed by atoms with Crippen molar-refractivity contribution in [3.63, 3.8) is 0 Å². The maximum atomic E-state index is 12.6. The highest BCUT2D eigenvalue weighted by Crippen LogP contribution is 2.24. The lowest BCUT2D eigenvalue weighted by Crippen LogP contribution is -2.36. The van der Waals surface area contributed by atoms with E-state index in [0.29, 0.717) is 22.5 Å². The van der Waals surface area contributed by atoms with E-state index in [1.54, 1.807) is 6.07 Å². The molecule has 3 aromatic rings. The minimum atomic E-state index is -0.289. The predicted molar refractivity (Wildman–Crippen MR) is 97.9 cm³/mol. The minimum absolute atomic E-state index is 0.289. The van der Waals surface area contributed by atoms with Crippen LogP contribution in [0.5, 0.6) is 0 Å². The fraction of sp³-hybridized carbons (Fsp3) is 0.222. The molecular formula is C18H19N5O2. The summed E-state index contributed by atoms with van der Waals surface area (Å²) in [6.07, 6.45) is 0. The Morgan fingerprint density at radius 3 is 2.68 bits per heavy atom. The number of morpholine rings is 1. The summed E-state index contributed by atoms with van der Waals surface area (Å²) in [5.41, 5.74) is 9.38. The maximum Gasteiger partial charge on any atom is 0.276 e. The number of nitrogens with zero attached hydrogens (tertiary/aromatic N) is 2. The smallest absolute Gasteiger partial charge is 0.276 e. The molecule has 1 aliphatic heterocycles. The second-order valence-electron chi connectivity index (χ2n) is 5.94. The third-order valence-electron chi connectivity index (χ3n) is 4.34. The molecule has 0 unspecified atom stereocenters. The number of nitrogens with one attached hydrogen (secondary N) is 2. The first-order valence-electron chi connectivity index (χ1n) is 8.19. The Labute approximate surface area is 144 Å². The summed E-state index contributed by atoms with van der Waals surface area (Å²) >= 11 is 0. The van der Waals surface area contributed by atoms with Crippen LogP contribution < -0.4 is 16.0 Å². The molecule has 1 amide bonds. The topological polar surface area (TPSA) is 96.3 Å². The maximum absolute atomic E-state index is 12.6. The zero-order chi connectivity index (χ0) is 17.2. The summed E-state index contributed by atoms with van der Waals surface area (Å²) in [7, 11) is 0. The molecule has 1 aliphatic rings. The van der Waals surface area contributed by atoms with Crippen molar-refractivity contribution >= 4 is 33.9 Å². The summed E-state index contributed by atoms with van der Waals surface area (Å²) in [6.45, 7) is 3.24. The molecule has 25 heavy (non-hydrogen) atoms. The molecule has 4 rings (SSSR count). The lowest BCUT2D eigenvalue weighted by Gasteiger charge is -2.28. The number of amides is 1. The second-order valence-corrected chi connectivity index (χ2v) is 5.94. The quantitative estimate of drug-likeness (QED) is 0.637. The van der Waals surface area contributed by atoms with Crippen LogP contribution in [-0.2, 0) is 4.74 Å². The number of fused-ring (bicyclic) bond motifs is 1. The lowest BCUT2D eigenvalue weighted by atomic mass is 10.1. The standard InChI is InChI=1S/C18H19N5O2/c19-14-2-1-3-15-16(14)17(22-21-15)18(24)20-12-4-6-13(7-5-12)23-8-10-25-11-9-23/h1-7H,8-11,19H2,(H,20,24)(H,21,22). The Morgan fingerprint density at radius 2 is 1.92 bits per heavy atom. The van der Waals surface area contributed by atoms with Gasteiger partial charge in [0.1, 0.15) is 0 Å². The van der Waals surface area contributed by atoms with Gasteiger partial charge in [0.25, 0.3) is 5.91 Å². The Kier molecular flexibility index (Phi) is 3.99. The SMILES string of the molecule is Nc1cccc2[nH]nc(C(=O)Nc3ccc(N4CCOCC4)cc3)c12. The molecule has 128 valence electrons. The summed E-state index contributed by atoms with van der Waals surface area (Å²) in [6, 6.07) is 13.2. The summed E-state index contributed by atoms with van der Waals surface area (Å²) in [5.74, 6) is -0.289. The molecular weight excluding hydrogens is 318 g/mol. The Hall–Kier alpha value is -3.06. The number of rotatable bonds is 3. The van der Waals surface area contributed by atoms with Crippen LogP contribution in [0, 0.1) is 0 Å². The molecule has 1 fully saturated rings. The molecule has 1 saturated heterocycles. The molecule has 0 bridgehead atoms. The highest BCUT2D eigenvalue weighted by Gasteiger charge is 2.17. The number of nitrogen functional groups attached to an aromatic ring is 1. The molecule has 0 radical (unpaired) electrons. The number of carbonyl (C=O) groups excluding carboxylic acids is 1. The summed E-state index contributed by atoms with van der Waals surface area (Å²) < 4.78 is 5.36. The molecule has 1 aromatic heterocycles. The van der Waals surface area contributed by atoms with Gasteiger partial charge in [-0.05, 0) is 36.4 Å². The van der Waals surface area contributed by atoms with Gasteiger partial charge in [-0.1, -0.05) is 6.07 Å². The average Bonchev–Trinajstić information content (AvgIpc) is 3.09. The molecule has 0 aliphatic carbocycles. The fourth-order valence-corrected chi connectivity index (χ4v) is 3.03. The first kappa shape index (κ1) is 15.5. The Balaban J connectivity index is 1.52. The number of nitrogens with two attached hydrogens (primary N) is 1. The van der Waals surface area contributed by atoms with Crippen molar-refractivity contribution in [2.45, 2.75) is 0 Å². The van der Waals surface area contributed by atoms with Crippen LogP contribution in [0.3, 0.4) is 0 Å². The van der Waals surface area contributed by atoms with E-state index in [1.807, 2.05) is 36.4 Å². The molecule has 0 spiro atoms. The zero-order valence-corrected chi connectivity index (χ0v) is 13.7. The van der Waals surface area contributed by atoms with E-state index in [-0.39, 0.29) is 5.91 Å². The van der Waals surface area contributed by atoms with Crippen LogP contribution in [0.2, 0.25) is 0 Å². The van der Waals surface area contributed by atoms with Gasteiger partial charge in [-0.25, -0.2) is 0 Å². The number of benzene rings is 2. The van der Waals surface area contributed by atoms with Crippen molar-refractivity contribution < 1.29 is 9.53 Å². The van der Waals surface area contributed by atoms with Crippen LogP contribution in [-0.4, -0.2) is 42.4 Å². The molecule has 7 nitrogen and oxygen atoms in total. The number of H-pyrrole nitrogens is 1. The Morgan fingerprint density at radius 1 is 1.16 bits per heavy atom. The van der Waals surface area contributed by atoms with E-state index >= 15 is 0 Å². The average molecular weight is 337 g/mol. The van der Waals surface area contributed by atoms with Crippen LogP contribution in [0.25, 0.3) is 10.9 Å². The van der Waals surface area contributed by atoms with Crippen LogP contribution in [0.4, 0.5) is 17.1 Å². The number of ether oxygens (including phenoxy) is 1. The highest BCUT2D eigenvalue weighted by molar-refractivity contribution is 6.14. The minimum Gasteiger partial charge on any atom is -0.398 e. The van der Waals surface area contributed by atoms with Crippen molar-refractivity contribution in [3.8, 4) is 0 Å². The van der Waals surface area contributed by atoms with Crippen molar-refractivity contribution in [1.29, 1.82) is 0 Å². The lowest BCUT2D eigenvalue weighted by molar-refractivity contribution is 0.102. The van der Waals surface area contributed by atoms with Crippen LogP contribution >= 0.6 is 0 Å². The molecule has 7 heteroatoms. The number of anilines is 3. The number of aromatic nitrogens is 2. The van der Waals surface area contributed by atoms with Gasteiger partial charge in [0.15, 0.2) is 5.69 Å². The van der Waals surface area contributed by atoms with Crippen molar-refractivity contribution in [1.82, 2.24) is 10.2 Å². The van der Waals surface area contributed by atoms with Crippen LogP contribution in [0.15, 0.2) is 42.5 Å². The first-order valence-corrected chi connectivity index (χ1v) is 8.19. The fourth-order valence-electron chi connectivity index (χ4n) is 3.03. The Bertz CT molecular complexity index is 897. The van der Waals surface area contributed by atoms with Crippen LogP contribution in [0.1, 0.15) is 10.5 Å². The third kappa shape index (κ3) is 3.01. The van der Waals surface area contributed by atoms with E-state index in [2.05, 4.69) is 20.4 Å². The van der Waals surface area contributed by atoms with E-state index < -0.39 is 0 Å². The van der Waals surface area contributed by atoms with E-state index in [1.165, 1.54) is 0 Å². The second kappa shape index (κ2) is 6.45. The largest absolute Gasteiger partial charge is 0.398 e. The third-order valence-corrected chi connectivity index (χ3v) is 4.34. The van der Waals surface area contributed by atoms with Crippen molar-refractivity contribution in [3.05, 3.63) is 48.2 Å². The summed E-state index contributed by atoms with van der Waals surface area (Å²) in [5, 5.41) is 10.5. The van der Waals surface area contributed by atoms with E-state index in [0.717, 1.165) is 37.5 Å². The van der Waals surface area contributed by atoms with Gasteiger partial charge in [0.2, 0.25) is 0 Å². The highest BCUT2D eigenvalue weighted by atomic mass is 16.5. The van der Waals surface area contributed by atoms with Gasteiger partial charge in [-0.2, -0.15) is 5.10 Å². The van der Waals surface area contributed by atoms with Gasteiger partial charge in [0.05, 0.1) is 24.1 Å². The molecule has 0 saturated carbocycles. The van der Waals surface area contributed by atoms with Gasteiger partial charge in [0, 0.05) is 30.2 Å². The normalized spacial score (nSPS) is 14.6. The van der Waals surface area contributed by atoms with Gasteiger partial charge >= 0.3 is 0 Å². The first-order chi connectivity index (χ1) is 12.2. The van der Waals surface area contributed by atoms with E-state index in [9.17, 15) is 4.79 Å². The number of carbonyl (C=O) groups is 1. The molecule has 0 atom stereocenters. The van der Waals surface area contributed by atoms with Crippen molar-refractivity contribution in [2.75, 3.05) is 42.3 Å². The molecule has 2 aromatic carbocycles. The zero-order valence-electron chi connectivity index (χ0n) is 13.7. The number of hydrogen-bond donors (Lipinski definition) is 3. The van der Waals surface area contributed by atoms with E-state index in [4.69, 9.17) is 10.5 Å². The number of hydrogen-bond acceptors (Lipinski definition) is 5. The molecule has 2 heterocycles.